The molecule has 15 heavy (non-hydrogen) atoms. The number of halogens is 1. The molecule has 1 aliphatic heterocycles. The first-order valence-electron chi connectivity index (χ1n) is 5.50. The third-order valence-electron chi connectivity index (χ3n) is 2.88. The van der Waals surface area contributed by atoms with Gasteiger partial charge in [-0.2, -0.15) is 0 Å². The molecule has 2 nitrogen and oxygen atoms in total. The van der Waals surface area contributed by atoms with Crippen molar-refractivity contribution in [2.24, 2.45) is 0 Å². The Morgan fingerprint density at radius 3 is 3.07 bits per heavy atom. The second-order valence-corrected chi connectivity index (χ2v) is 4.02. The van der Waals surface area contributed by atoms with E-state index in [1.807, 2.05) is 12.1 Å². The summed E-state index contributed by atoms with van der Waals surface area (Å²) < 4.78 is 12.1. The normalized spacial score (nSPS) is 15.1. The molecule has 3 heteroatoms. The van der Waals surface area contributed by atoms with E-state index < -0.39 is 0 Å². The Labute approximate surface area is 89.9 Å². The largest absolute Gasteiger partial charge is 0.399 e. The number of aryl methyl sites for hydroxylation is 1. The predicted octanol–water partition coefficient (Wildman–Crippen LogP) is 2.38. The quantitative estimate of drug-likeness (QED) is 0.773. The van der Waals surface area contributed by atoms with Crippen molar-refractivity contribution in [3.05, 3.63) is 23.8 Å². The van der Waals surface area contributed by atoms with Gasteiger partial charge >= 0.3 is 0 Å². The molecule has 0 atom stereocenters. The molecule has 0 bridgehead atoms. The highest BCUT2D eigenvalue weighted by Gasteiger charge is 2.15. The predicted molar refractivity (Wildman–Crippen MR) is 62.0 cm³/mol. The van der Waals surface area contributed by atoms with Crippen molar-refractivity contribution in [1.82, 2.24) is 0 Å². The van der Waals surface area contributed by atoms with Crippen LogP contribution in [0.4, 0.5) is 15.8 Å². The summed E-state index contributed by atoms with van der Waals surface area (Å²) in [5.74, 6) is 0. The zero-order valence-electron chi connectivity index (χ0n) is 8.88. The lowest BCUT2D eigenvalue weighted by Crippen LogP contribution is -2.30. The third-order valence-corrected chi connectivity index (χ3v) is 2.88. The number of anilines is 2. The van der Waals surface area contributed by atoms with Crippen LogP contribution in [0.1, 0.15) is 18.4 Å². The number of hydrogen-bond donors (Lipinski definition) is 1. The van der Waals surface area contributed by atoms with Crippen molar-refractivity contribution >= 4 is 11.4 Å². The number of rotatable bonds is 3. The minimum Gasteiger partial charge on any atom is -0.399 e. The summed E-state index contributed by atoms with van der Waals surface area (Å²) in [6, 6.07) is 6.02. The van der Waals surface area contributed by atoms with E-state index in [4.69, 9.17) is 5.73 Å². The van der Waals surface area contributed by atoms with Crippen molar-refractivity contribution < 1.29 is 4.39 Å². The molecule has 1 aromatic carbocycles. The Morgan fingerprint density at radius 1 is 1.40 bits per heavy atom. The van der Waals surface area contributed by atoms with Gasteiger partial charge in [-0.15, -0.1) is 0 Å². The molecule has 1 heterocycles. The van der Waals surface area contributed by atoms with Gasteiger partial charge in [-0.1, -0.05) is 0 Å². The standard InChI is InChI=1S/C12H17FN2/c13-6-2-8-15-7-1-3-10-9-11(14)4-5-12(10)15/h4-5,9H,1-3,6-8,14H2. The van der Waals surface area contributed by atoms with Gasteiger partial charge in [0.2, 0.25) is 0 Å². The molecule has 2 N–H and O–H groups in total. The van der Waals surface area contributed by atoms with E-state index in [0.29, 0.717) is 6.42 Å². The number of alkyl halides is 1. The number of fused-ring (bicyclic) bond motifs is 1. The van der Waals surface area contributed by atoms with Crippen molar-refractivity contribution in [1.29, 1.82) is 0 Å². The fourth-order valence-corrected chi connectivity index (χ4v) is 2.18. The average Bonchev–Trinajstić information content (AvgIpc) is 2.25. The van der Waals surface area contributed by atoms with Crippen LogP contribution in [0, 0.1) is 0 Å². The molecule has 82 valence electrons. The SMILES string of the molecule is Nc1ccc2c(c1)CCCN2CCCF. The number of hydrogen-bond acceptors (Lipinski definition) is 2. The third kappa shape index (κ3) is 2.22. The van der Waals surface area contributed by atoms with Crippen LogP contribution in [0.5, 0.6) is 0 Å². The Hall–Kier alpha value is -1.25. The summed E-state index contributed by atoms with van der Waals surface area (Å²) in [5, 5.41) is 0. The van der Waals surface area contributed by atoms with Crippen LogP contribution < -0.4 is 10.6 Å². The van der Waals surface area contributed by atoms with Crippen LogP contribution >= 0.6 is 0 Å². The fraction of sp³-hybridized carbons (Fsp3) is 0.500. The zero-order valence-corrected chi connectivity index (χ0v) is 8.88. The molecule has 0 spiro atoms. The lowest BCUT2D eigenvalue weighted by molar-refractivity contribution is 0.469. The maximum Gasteiger partial charge on any atom is 0.0911 e. The molecule has 0 aliphatic carbocycles. The monoisotopic (exact) mass is 208 g/mol. The molecule has 0 radical (unpaired) electrons. The highest BCUT2D eigenvalue weighted by molar-refractivity contribution is 5.61. The highest BCUT2D eigenvalue weighted by atomic mass is 19.1. The van der Waals surface area contributed by atoms with Gasteiger partial charge < -0.3 is 10.6 Å². The van der Waals surface area contributed by atoms with E-state index >= 15 is 0 Å². The molecule has 0 saturated carbocycles. The van der Waals surface area contributed by atoms with E-state index in [1.54, 1.807) is 0 Å². The van der Waals surface area contributed by atoms with Crippen LogP contribution in [0.2, 0.25) is 0 Å². The highest BCUT2D eigenvalue weighted by Crippen LogP contribution is 2.28. The molecule has 0 saturated heterocycles. The van der Waals surface area contributed by atoms with Crippen LogP contribution in [-0.4, -0.2) is 19.8 Å². The van der Waals surface area contributed by atoms with Crippen molar-refractivity contribution in [2.45, 2.75) is 19.3 Å². The summed E-state index contributed by atoms with van der Waals surface area (Å²) in [7, 11) is 0. The van der Waals surface area contributed by atoms with E-state index in [0.717, 1.165) is 31.6 Å². The van der Waals surface area contributed by atoms with Crippen LogP contribution in [0.15, 0.2) is 18.2 Å². The Balaban J connectivity index is 2.18. The molecular formula is C12H17FN2. The van der Waals surface area contributed by atoms with Crippen molar-refractivity contribution in [3.8, 4) is 0 Å². The summed E-state index contributed by atoms with van der Waals surface area (Å²) >= 11 is 0. The summed E-state index contributed by atoms with van der Waals surface area (Å²) in [5.41, 5.74) is 9.11. The molecule has 1 aromatic rings. The molecule has 1 aliphatic rings. The lowest BCUT2D eigenvalue weighted by Gasteiger charge is -2.31. The lowest BCUT2D eigenvalue weighted by atomic mass is 10.0. The number of benzene rings is 1. The Morgan fingerprint density at radius 2 is 2.27 bits per heavy atom. The maximum atomic E-state index is 12.1. The molecule has 0 amide bonds. The van der Waals surface area contributed by atoms with Crippen LogP contribution in [-0.2, 0) is 6.42 Å². The zero-order chi connectivity index (χ0) is 10.7. The summed E-state index contributed by atoms with van der Waals surface area (Å²) in [4.78, 5) is 2.26. The van der Waals surface area contributed by atoms with Gasteiger partial charge in [-0.05, 0) is 43.0 Å². The first kappa shape index (κ1) is 10.3. The van der Waals surface area contributed by atoms with E-state index in [-0.39, 0.29) is 6.67 Å². The van der Waals surface area contributed by atoms with Gasteiger partial charge in [0.05, 0.1) is 6.67 Å². The number of nitrogens with two attached hydrogens (primary N) is 1. The smallest absolute Gasteiger partial charge is 0.0911 e. The average molecular weight is 208 g/mol. The molecule has 0 unspecified atom stereocenters. The number of nitrogen functional groups attached to an aromatic ring is 1. The minimum absolute atomic E-state index is 0.235. The second kappa shape index (κ2) is 4.51. The van der Waals surface area contributed by atoms with Crippen molar-refractivity contribution in [2.75, 3.05) is 30.4 Å². The molecule has 0 aromatic heterocycles. The van der Waals surface area contributed by atoms with Gasteiger partial charge in [0.1, 0.15) is 0 Å². The van der Waals surface area contributed by atoms with Crippen molar-refractivity contribution in [3.63, 3.8) is 0 Å². The second-order valence-electron chi connectivity index (χ2n) is 4.02. The number of nitrogens with zero attached hydrogens (tertiary/aromatic N) is 1. The van der Waals surface area contributed by atoms with Crippen LogP contribution in [0.25, 0.3) is 0 Å². The van der Waals surface area contributed by atoms with Gasteiger partial charge in [0.25, 0.3) is 0 Å². The van der Waals surface area contributed by atoms with E-state index in [9.17, 15) is 4.39 Å². The van der Waals surface area contributed by atoms with Gasteiger partial charge in [0.15, 0.2) is 0 Å². The molecule has 2 rings (SSSR count). The first-order chi connectivity index (χ1) is 7.31. The fourth-order valence-electron chi connectivity index (χ4n) is 2.18. The Kier molecular flexibility index (Phi) is 3.09. The van der Waals surface area contributed by atoms with E-state index in [1.165, 1.54) is 11.3 Å². The van der Waals surface area contributed by atoms with Gasteiger partial charge in [0, 0.05) is 24.5 Å². The van der Waals surface area contributed by atoms with Gasteiger partial charge in [-0.3, -0.25) is 4.39 Å². The molecular weight excluding hydrogens is 191 g/mol. The first-order valence-corrected chi connectivity index (χ1v) is 5.50. The summed E-state index contributed by atoms with van der Waals surface area (Å²) in [6.45, 7) is 1.62. The van der Waals surface area contributed by atoms with Crippen LogP contribution in [0.3, 0.4) is 0 Å². The van der Waals surface area contributed by atoms with Gasteiger partial charge in [-0.25, -0.2) is 0 Å². The topological polar surface area (TPSA) is 29.3 Å². The Bertz CT molecular complexity index is 338. The summed E-state index contributed by atoms with van der Waals surface area (Å²) in [6.07, 6.45) is 2.85. The maximum absolute atomic E-state index is 12.1. The van der Waals surface area contributed by atoms with E-state index in [2.05, 4.69) is 11.0 Å². The minimum atomic E-state index is -0.235. The molecule has 0 fully saturated rings.